The van der Waals surface area contributed by atoms with E-state index in [1.807, 2.05) is 0 Å². The van der Waals surface area contributed by atoms with Crippen molar-refractivity contribution in [3.05, 3.63) is 28.8 Å². The normalized spacial score (nSPS) is 15.1. The Hall–Kier alpha value is -1.88. The van der Waals surface area contributed by atoms with Crippen molar-refractivity contribution in [2.45, 2.75) is 6.42 Å². The number of hydrogen-bond donors (Lipinski definition) is 0. The van der Waals surface area contributed by atoms with E-state index in [4.69, 9.17) is 11.6 Å². The lowest BCUT2D eigenvalue weighted by molar-refractivity contribution is -0.121. The van der Waals surface area contributed by atoms with E-state index in [2.05, 4.69) is 4.74 Å². The van der Waals surface area contributed by atoms with Gasteiger partial charge >= 0.3 is 5.97 Å². The number of methoxy groups -OCH3 is 1. The molecule has 6 heteroatoms. The number of amides is 1. The Kier molecular flexibility index (Phi) is 3.34. The Labute approximate surface area is 108 Å². The van der Waals surface area contributed by atoms with Crippen molar-refractivity contribution in [3.63, 3.8) is 0 Å². The highest BCUT2D eigenvalue weighted by Gasteiger charge is 2.30. The first kappa shape index (κ1) is 12.6. The summed E-state index contributed by atoms with van der Waals surface area (Å²) in [5.41, 5.74) is 0.638. The van der Waals surface area contributed by atoms with Crippen LogP contribution >= 0.6 is 11.6 Å². The van der Waals surface area contributed by atoms with Crippen LogP contribution in [0.5, 0.6) is 0 Å². The maximum Gasteiger partial charge on any atom is 0.337 e. The van der Waals surface area contributed by atoms with Crippen LogP contribution in [0.25, 0.3) is 0 Å². The van der Waals surface area contributed by atoms with E-state index in [-0.39, 0.29) is 30.2 Å². The van der Waals surface area contributed by atoms with Gasteiger partial charge in [0.15, 0.2) is 5.78 Å². The van der Waals surface area contributed by atoms with Crippen molar-refractivity contribution in [3.8, 4) is 0 Å². The molecule has 0 aliphatic carbocycles. The molecule has 1 heterocycles. The van der Waals surface area contributed by atoms with Crippen molar-refractivity contribution in [1.29, 1.82) is 0 Å². The molecule has 1 aromatic rings. The highest BCUT2D eigenvalue weighted by Crippen LogP contribution is 2.29. The Morgan fingerprint density at radius 1 is 1.39 bits per heavy atom. The molecule has 0 N–H and O–H groups in total. The van der Waals surface area contributed by atoms with Gasteiger partial charge < -0.3 is 9.64 Å². The number of rotatable bonds is 2. The first-order valence-electron chi connectivity index (χ1n) is 5.23. The molecule has 0 saturated carbocycles. The molecule has 0 spiro atoms. The van der Waals surface area contributed by atoms with E-state index < -0.39 is 5.97 Å². The van der Waals surface area contributed by atoms with Gasteiger partial charge in [0.25, 0.3) is 0 Å². The van der Waals surface area contributed by atoms with Gasteiger partial charge in [-0.15, -0.1) is 0 Å². The summed E-state index contributed by atoms with van der Waals surface area (Å²) in [6.07, 6.45) is -0.126. The monoisotopic (exact) mass is 267 g/mol. The van der Waals surface area contributed by atoms with Crippen LogP contribution < -0.4 is 4.90 Å². The molecule has 5 nitrogen and oxygen atoms in total. The molecule has 18 heavy (non-hydrogen) atoms. The Balaban J connectivity index is 2.41. The summed E-state index contributed by atoms with van der Waals surface area (Å²) in [5, 5.41) is 0.311. The molecular weight excluding hydrogens is 258 g/mol. The Morgan fingerprint density at radius 2 is 2.11 bits per heavy atom. The summed E-state index contributed by atoms with van der Waals surface area (Å²) in [5.74, 6) is -1.01. The van der Waals surface area contributed by atoms with Crippen LogP contribution in [0.1, 0.15) is 16.8 Å². The van der Waals surface area contributed by atoms with E-state index in [0.717, 1.165) is 0 Å². The lowest BCUT2D eigenvalue weighted by atomic mass is 10.2. The SMILES string of the molecule is COC(=O)c1ccc(Cl)c(N2CC(=O)CC2=O)c1. The van der Waals surface area contributed by atoms with E-state index in [9.17, 15) is 14.4 Å². The average molecular weight is 268 g/mol. The first-order chi connectivity index (χ1) is 8.52. The highest BCUT2D eigenvalue weighted by atomic mass is 35.5. The van der Waals surface area contributed by atoms with Crippen molar-refractivity contribution in [2.75, 3.05) is 18.6 Å². The molecule has 94 valence electrons. The number of nitrogens with zero attached hydrogens (tertiary/aromatic N) is 1. The predicted molar refractivity (Wildman–Crippen MR) is 64.8 cm³/mol. The second-order valence-electron chi connectivity index (χ2n) is 3.85. The number of carbonyl (C=O) groups is 3. The fourth-order valence-electron chi connectivity index (χ4n) is 1.77. The van der Waals surface area contributed by atoms with Crippen LogP contribution in [0.2, 0.25) is 5.02 Å². The highest BCUT2D eigenvalue weighted by molar-refractivity contribution is 6.34. The number of benzene rings is 1. The summed E-state index contributed by atoms with van der Waals surface area (Å²) in [7, 11) is 1.27. The summed E-state index contributed by atoms with van der Waals surface area (Å²) >= 11 is 5.98. The minimum atomic E-state index is -0.522. The third-order valence-electron chi connectivity index (χ3n) is 2.64. The number of halogens is 1. The minimum Gasteiger partial charge on any atom is -0.465 e. The van der Waals surface area contributed by atoms with E-state index >= 15 is 0 Å². The van der Waals surface area contributed by atoms with Gasteiger partial charge in [0, 0.05) is 0 Å². The van der Waals surface area contributed by atoms with Gasteiger partial charge in [-0.2, -0.15) is 0 Å². The quantitative estimate of drug-likeness (QED) is 0.601. The van der Waals surface area contributed by atoms with Crippen molar-refractivity contribution in [1.82, 2.24) is 0 Å². The first-order valence-corrected chi connectivity index (χ1v) is 5.60. The van der Waals surface area contributed by atoms with E-state index in [0.29, 0.717) is 10.7 Å². The van der Waals surface area contributed by atoms with Gasteiger partial charge in [0.2, 0.25) is 5.91 Å². The fourth-order valence-corrected chi connectivity index (χ4v) is 1.99. The minimum absolute atomic E-state index is 0.0107. The molecule has 2 rings (SSSR count). The van der Waals surface area contributed by atoms with Gasteiger partial charge in [-0.1, -0.05) is 11.6 Å². The van der Waals surface area contributed by atoms with Crippen LogP contribution in [0, 0.1) is 0 Å². The number of hydrogen-bond acceptors (Lipinski definition) is 4. The second-order valence-corrected chi connectivity index (χ2v) is 4.26. The summed E-state index contributed by atoms with van der Waals surface area (Å²) in [6, 6.07) is 4.45. The summed E-state index contributed by atoms with van der Waals surface area (Å²) < 4.78 is 4.59. The molecule has 1 fully saturated rings. The molecular formula is C12H10ClNO4. The average Bonchev–Trinajstić information content (AvgIpc) is 2.68. The zero-order valence-corrected chi connectivity index (χ0v) is 10.4. The van der Waals surface area contributed by atoms with Crippen molar-refractivity contribution >= 4 is 34.9 Å². The molecule has 0 unspecified atom stereocenters. The number of carbonyl (C=O) groups excluding carboxylic acids is 3. The number of esters is 1. The number of ketones is 1. The van der Waals surface area contributed by atoms with Gasteiger partial charge in [-0.25, -0.2) is 4.79 Å². The van der Waals surface area contributed by atoms with Crippen LogP contribution in [-0.2, 0) is 14.3 Å². The molecule has 0 aromatic heterocycles. The largest absolute Gasteiger partial charge is 0.465 e. The molecule has 1 aliphatic rings. The van der Waals surface area contributed by atoms with Crippen LogP contribution in [-0.4, -0.2) is 31.3 Å². The van der Waals surface area contributed by atoms with Gasteiger partial charge in [-0.3, -0.25) is 9.59 Å². The molecule has 0 atom stereocenters. The number of ether oxygens (including phenoxy) is 1. The zero-order chi connectivity index (χ0) is 13.3. The smallest absolute Gasteiger partial charge is 0.337 e. The molecule has 1 amide bonds. The molecule has 1 aliphatic heterocycles. The maximum absolute atomic E-state index is 11.6. The third kappa shape index (κ3) is 2.22. The topological polar surface area (TPSA) is 63.7 Å². The van der Waals surface area contributed by atoms with Gasteiger partial charge in [-0.05, 0) is 18.2 Å². The lowest BCUT2D eigenvalue weighted by Gasteiger charge is -2.17. The Morgan fingerprint density at radius 3 is 2.67 bits per heavy atom. The molecule has 0 bridgehead atoms. The number of Topliss-reactive ketones (excluding diaryl/α,β-unsaturated/α-hetero) is 1. The van der Waals surface area contributed by atoms with Crippen LogP contribution in [0.4, 0.5) is 5.69 Å². The molecule has 1 aromatic carbocycles. The third-order valence-corrected chi connectivity index (χ3v) is 2.96. The maximum atomic E-state index is 11.6. The van der Waals surface area contributed by atoms with E-state index in [1.165, 1.54) is 30.2 Å². The van der Waals surface area contributed by atoms with Gasteiger partial charge in [0.05, 0.1) is 36.3 Å². The zero-order valence-electron chi connectivity index (χ0n) is 9.60. The van der Waals surface area contributed by atoms with Crippen molar-refractivity contribution in [2.24, 2.45) is 0 Å². The van der Waals surface area contributed by atoms with Crippen LogP contribution in [0.3, 0.4) is 0 Å². The second kappa shape index (κ2) is 4.78. The lowest BCUT2D eigenvalue weighted by Crippen LogP contribution is -2.25. The van der Waals surface area contributed by atoms with Gasteiger partial charge in [0.1, 0.15) is 0 Å². The van der Waals surface area contributed by atoms with Crippen molar-refractivity contribution < 1.29 is 19.1 Å². The number of anilines is 1. The van der Waals surface area contributed by atoms with Crippen LogP contribution in [0.15, 0.2) is 18.2 Å². The summed E-state index contributed by atoms with van der Waals surface area (Å²) in [4.78, 5) is 35.5. The standard InChI is InChI=1S/C12H10ClNO4/c1-18-12(17)7-2-3-9(13)10(4-7)14-6-8(15)5-11(14)16/h2-4H,5-6H2,1H3. The van der Waals surface area contributed by atoms with E-state index in [1.54, 1.807) is 0 Å². The summed E-state index contributed by atoms with van der Waals surface area (Å²) in [6.45, 7) is -0.0107. The molecule has 0 radical (unpaired) electrons. The predicted octanol–water partition coefficient (Wildman–Crippen LogP) is 1.43. The fraction of sp³-hybridized carbons (Fsp3) is 0.250. The Bertz CT molecular complexity index is 541. The molecule has 1 saturated heterocycles.